The first kappa shape index (κ1) is 42.8. The maximum Gasteiger partial charge on any atom is 0.303 e. The first-order valence-electron chi connectivity index (χ1n) is 19.3. The second kappa shape index (κ2) is 20.1. The molecule has 10 nitrogen and oxygen atoms in total. The Hall–Kier alpha value is -3.93. The van der Waals surface area contributed by atoms with Crippen LogP contribution in [0.15, 0.2) is 66.0 Å². The zero-order valence-electron chi connectivity index (χ0n) is 33.4. The van der Waals surface area contributed by atoms with Gasteiger partial charge in [-0.15, -0.1) is 11.3 Å². The first-order valence-corrected chi connectivity index (χ1v) is 20.2. The fraction of sp³-hybridized carbons (Fsp3) is 0.558. The van der Waals surface area contributed by atoms with Crippen LogP contribution in [0, 0.1) is 17.8 Å². The Morgan fingerprint density at radius 1 is 1.02 bits per heavy atom. The number of Topliss-reactive ketones (excluding diaryl/α,β-unsaturated/α-hetero) is 1. The van der Waals surface area contributed by atoms with Gasteiger partial charge in [0.1, 0.15) is 10.7 Å². The molecular formula is C43H60N4O6S. The summed E-state index contributed by atoms with van der Waals surface area (Å²) in [5.74, 6) is -1.27. The van der Waals surface area contributed by atoms with Gasteiger partial charge in [-0.1, -0.05) is 94.8 Å². The molecular weight excluding hydrogens is 701 g/mol. The van der Waals surface area contributed by atoms with Crippen molar-refractivity contribution in [2.75, 3.05) is 27.2 Å². The maximum absolute atomic E-state index is 14.3. The second-order valence-corrected chi connectivity index (χ2v) is 16.3. The quantitative estimate of drug-likeness (QED) is 0.120. The summed E-state index contributed by atoms with van der Waals surface area (Å²) in [7, 11) is 3.77. The van der Waals surface area contributed by atoms with E-state index < -0.39 is 23.5 Å². The number of thiazole rings is 1. The number of carbonyl (C=O) groups is 4. The number of hydrogen-bond acceptors (Lipinski definition) is 9. The summed E-state index contributed by atoms with van der Waals surface area (Å²) in [6, 6.07) is 19.2. The van der Waals surface area contributed by atoms with Gasteiger partial charge < -0.3 is 19.7 Å². The van der Waals surface area contributed by atoms with Crippen molar-refractivity contribution < 1.29 is 28.7 Å². The van der Waals surface area contributed by atoms with E-state index in [4.69, 9.17) is 9.47 Å². The van der Waals surface area contributed by atoms with E-state index in [0.717, 1.165) is 36.9 Å². The van der Waals surface area contributed by atoms with Crippen molar-refractivity contribution in [2.45, 2.75) is 110 Å². The number of nitrogens with one attached hydrogen (secondary N) is 1. The molecule has 6 atom stereocenters. The molecule has 2 amide bonds. The van der Waals surface area contributed by atoms with Crippen molar-refractivity contribution >= 4 is 34.9 Å². The molecule has 0 spiro atoms. The van der Waals surface area contributed by atoms with Crippen molar-refractivity contribution in [3.05, 3.63) is 87.9 Å². The molecule has 0 bridgehead atoms. The summed E-state index contributed by atoms with van der Waals surface area (Å²) in [4.78, 5) is 62.7. The highest BCUT2D eigenvalue weighted by Gasteiger charge is 2.44. The Morgan fingerprint density at radius 3 is 2.24 bits per heavy atom. The van der Waals surface area contributed by atoms with E-state index in [0.29, 0.717) is 31.1 Å². The minimum atomic E-state index is -0.777. The molecule has 1 aliphatic heterocycles. The molecule has 1 saturated heterocycles. The third-order valence-corrected chi connectivity index (χ3v) is 12.1. The fourth-order valence-electron chi connectivity index (χ4n) is 7.35. The van der Waals surface area contributed by atoms with Gasteiger partial charge in [-0.3, -0.25) is 24.1 Å². The van der Waals surface area contributed by atoms with Gasteiger partial charge in [0.2, 0.25) is 5.91 Å². The highest BCUT2D eigenvalue weighted by atomic mass is 32.1. The number of rotatable bonds is 20. The predicted molar refractivity (Wildman–Crippen MR) is 213 cm³/mol. The predicted octanol–water partition coefficient (Wildman–Crippen LogP) is 7.28. The standard InChI is InChI=1S/C43H60N4O6S/c1-9-30(4)35(24-39(49)43(6)21-16-22-46(43)7)42(51)47(8)37(29(2)3)25-38(53-31(5)48)41-45-36(28-54-41)40(50)44-34(23-32-17-12-10-13-18-32)27-52-26-33-19-14-11-15-20-33/h10-15,17-20,28-30,34-35,37-38H,9,16,21-27H2,1-8H3,(H,44,50)/t30-,34-,35-,37+,38+,43+/m0/s1. The number of likely N-dealkylation sites (N-methyl/N-ethyl adjacent to an activating group) is 1. The van der Waals surface area contributed by atoms with Gasteiger partial charge in [-0.05, 0) is 62.7 Å². The third-order valence-electron chi connectivity index (χ3n) is 11.2. The van der Waals surface area contributed by atoms with Gasteiger partial charge in [0.25, 0.3) is 5.91 Å². The molecule has 11 heteroatoms. The van der Waals surface area contributed by atoms with Crippen LogP contribution in [-0.4, -0.2) is 83.2 Å². The topological polar surface area (TPSA) is 118 Å². The Morgan fingerprint density at radius 2 is 1.67 bits per heavy atom. The Labute approximate surface area is 326 Å². The van der Waals surface area contributed by atoms with Crippen LogP contribution in [0.3, 0.4) is 0 Å². The summed E-state index contributed by atoms with van der Waals surface area (Å²) >= 11 is 1.25. The number of likely N-dealkylation sites (tertiary alicyclic amines) is 1. The van der Waals surface area contributed by atoms with Crippen molar-refractivity contribution in [2.24, 2.45) is 17.8 Å². The van der Waals surface area contributed by atoms with Gasteiger partial charge in [-0.2, -0.15) is 0 Å². The van der Waals surface area contributed by atoms with Gasteiger partial charge in [-0.25, -0.2) is 4.98 Å². The average molecular weight is 761 g/mol. The van der Waals surface area contributed by atoms with Gasteiger partial charge in [0.05, 0.1) is 24.8 Å². The molecule has 294 valence electrons. The fourth-order valence-corrected chi connectivity index (χ4v) is 8.19. The third kappa shape index (κ3) is 11.5. The lowest BCUT2D eigenvalue weighted by atomic mass is 9.80. The van der Waals surface area contributed by atoms with E-state index in [1.165, 1.54) is 18.3 Å². The molecule has 1 aliphatic rings. The number of carbonyl (C=O) groups excluding carboxylic acids is 4. The number of esters is 1. The Bertz CT molecular complexity index is 1670. The average Bonchev–Trinajstić information content (AvgIpc) is 3.79. The molecule has 2 heterocycles. The van der Waals surface area contributed by atoms with E-state index in [-0.39, 0.29) is 53.6 Å². The van der Waals surface area contributed by atoms with Crippen LogP contribution in [0.25, 0.3) is 0 Å². The van der Waals surface area contributed by atoms with Crippen molar-refractivity contribution in [1.82, 2.24) is 20.1 Å². The summed E-state index contributed by atoms with van der Waals surface area (Å²) in [6.45, 7) is 13.1. The Kier molecular flexibility index (Phi) is 15.9. The number of ketones is 1. The zero-order chi connectivity index (χ0) is 39.4. The molecule has 2 aromatic carbocycles. The van der Waals surface area contributed by atoms with Gasteiger partial charge in [0, 0.05) is 44.2 Å². The van der Waals surface area contributed by atoms with Crippen molar-refractivity contribution in [1.29, 1.82) is 0 Å². The number of benzene rings is 2. The van der Waals surface area contributed by atoms with Crippen LogP contribution < -0.4 is 5.32 Å². The molecule has 54 heavy (non-hydrogen) atoms. The number of ether oxygens (including phenoxy) is 2. The van der Waals surface area contributed by atoms with Crippen molar-refractivity contribution in [3.8, 4) is 0 Å². The monoisotopic (exact) mass is 760 g/mol. The normalized spacial score (nSPS) is 18.8. The number of hydrogen-bond donors (Lipinski definition) is 1. The van der Waals surface area contributed by atoms with E-state index in [1.54, 1.807) is 17.3 Å². The van der Waals surface area contributed by atoms with Crippen LogP contribution in [0.1, 0.15) is 106 Å². The van der Waals surface area contributed by atoms with Crippen LogP contribution in [0.4, 0.5) is 0 Å². The summed E-state index contributed by atoms with van der Waals surface area (Å²) in [6.07, 6.45) is 2.80. The van der Waals surface area contributed by atoms with Gasteiger partial charge >= 0.3 is 5.97 Å². The van der Waals surface area contributed by atoms with Crippen LogP contribution in [0.2, 0.25) is 0 Å². The molecule has 1 aromatic heterocycles. The molecule has 1 N–H and O–H groups in total. The minimum absolute atomic E-state index is 0.00105. The summed E-state index contributed by atoms with van der Waals surface area (Å²) < 4.78 is 11.9. The van der Waals surface area contributed by atoms with E-state index in [2.05, 4.69) is 15.2 Å². The number of nitrogens with zero attached hydrogens (tertiary/aromatic N) is 3. The lowest BCUT2D eigenvalue weighted by Crippen LogP contribution is -2.50. The smallest absolute Gasteiger partial charge is 0.303 e. The number of amides is 2. The maximum atomic E-state index is 14.3. The highest BCUT2D eigenvalue weighted by Crippen LogP contribution is 2.35. The Balaban J connectivity index is 1.49. The SMILES string of the molecule is CC[C@H](C)[C@H](CC(=O)[C@@]1(C)CCCN1C)C(=O)N(C)[C@H](C[C@@H](OC(C)=O)c1nc(C(=O)N[C@H](COCc2ccccc2)Cc2ccccc2)cs1)C(C)C. The minimum Gasteiger partial charge on any atom is -0.455 e. The number of aromatic nitrogens is 1. The molecule has 1 fully saturated rings. The lowest BCUT2D eigenvalue weighted by molar-refractivity contribution is -0.149. The lowest BCUT2D eigenvalue weighted by Gasteiger charge is -2.38. The molecule has 0 aliphatic carbocycles. The molecule has 0 radical (unpaired) electrons. The van der Waals surface area contributed by atoms with Crippen LogP contribution in [0.5, 0.6) is 0 Å². The second-order valence-electron chi connectivity index (χ2n) is 15.4. The van der Waals surface area contributed by atoms with E-state index in [1.807, 2.05) is 102 Å². The van der Waals surface area contributed by atoms with Crippen LogP contribution in [-0.2, 0) is 36.9 Å². The highest BCUT2D eigenvalue weighted by molar-refractivity contribution is 7.09. The van der Waals surface area contributed by atoms with Crippen LogP contribution >= 0.6 is 11.3 Å². The summed E-state index contributed by atoms with van der Waals surface area (Å²) in [5.41, 5.74) is 1.77. The molecule has 0 saturated carbocycles. The first-order chi connectivity index (χ1) is 25.7. The van der Waals surface area contributed by atoms with Crippen molar-refractivity contribution in [3.63, 3.8) is 0 Å². The van der Waals surface area contributed by atoms with Gasteiger partial charge in [0.15, 0.2) is 11.9 Å². The van der Waals surface area contributed by atoms with E-state index >= 15 is 0 Å². The molecule has 0 unspecified atom stereocenters. The molecule has 4 rings (SSSR count). The largest absolute Gasteiger partial charge is 0.455 e. The zero-order valence-corrected chi connectivity index (χ0v) is 34.2. The van der Waals surface area contributed by atoms with E-state index in [9.17, 15) is 19.2 Å². The molecule has 3 aromatic rings. The summed E-state index contributed by atoms with van der Waals surface area (Å²) in [5, 5.41) is 5.27.